The van der Waals surface area contributed by atoms with Crippen LogP contribution in [0.15, 0.2) is 21.4 Å². The van der Waals surface area contributed by atoms with Gasteiger partial charge >= 0.3 is 0 Å². The lowest BCUT2D eigenvalue weighted by atomic mass is 10.2. The van der Waals surface area contributed by atoms with Gasteiger partial charge < -0.3 is 9.73 Å². The number of thiazole rings is 1. The summed E-state index contributed by atoms with van der Waals surface area (Å²) in [6, 6.07) is 2.17. The first-order chi connectivity index (χ1) is 10.0. The van der Waals surface area contributed by atoms with Gasteiger partial charge in [-0.3, -0.25) is 4.90 Å². The molecule has 0 aliphatic heterocycles. The molecule has 0 unspecified atom stereocenters. The minimum atomic E-state index is 0.657. The van der Waals surface area contributed by atoms with Gasteiger partial charge in [-0.25, -0.2) is 4.98 Å². The molecule has 21 heavy (non-hydrogen) atoms. The molecule has 0 saturated heterocycles. The zero-order valence-corrected chi connectivity index (χ0v) is 14.2. The van der Waals surface area contributed by atoms with Crippen LogP contribution in [0.3, 0.4) is 0 Å². The zero-order chi connectivity index (χ0) is 15.2. The number of nitrogens with one attached hydrogen (secondary N) is 1. The number of aromatic nitrogens is 1. The quantitative estimate of drug-likeness (QED) is 0.811. The Morgan fingerprint density at radius 2 is 2.19 bits per heavy atom. The molecule has 1 N–H and O–H groups in total. The Labute approximate surface area is 131 Å². The van der Waals surface area contributed by atoms with E-state index in [9.17, 15) is 0 Å². The number of hydrogen-bond acceptors (Lipinski definition) is 5. The predicted molar refractivity (Wildman–Crippen MR) is 87.3 cm³/mol. The highest BCUT2D eigenvalue weighted by molar-refractivity contribution is 7.07. The highest BCUT2D eigenvalue weighted by Crippen LogP contribution is 2.17. The van der Waals surface area contributed by atoms with E-state index < -0.39 is 0 Å². The molecule has 2 aromatic heterocycles. The summed E-state index contributed by atoms with van der Waals surface area (Å²) in [6.45, 7) is 10.0. The largest absolute Gasteiger partial charge is 0.465 e. The standard InChI is InChI=1S/C16H25N3OS/c1-12(2)6-17-7-16-5-14(13(3)20-16)8-19(4)9-15-10-21-11-18-15/h5,10-12,17H,6-9H2,1-4H3. The summed E-state index contributed by atoms with van der Waals surface area (Å²) in [6.07, 6.45) is 0. The molecule has 2 rings (SSSR count). The molecule has 0 spiro atoms. The van der Waals surface area contributed by atoms with Crippen LogP contribution in [-0.2, 0) is 19.6 Å². The zero-order valence-electron chi connectivity index (χ0n) is 13.3. The van der Waals surface area contributed by atoms with Gasteiger partial charge in [0.1, 0.15) is 11.5 Å². The summed E-state index contributed by atoms with van der Waals surface area (Å²) in [5, 5.41) is 5.51. The predicted octanol–water partition coefficient (Wildman–Crippen LogP) is 3.42. The van der Waals surface area contributed by atoms with Crippen LogP contribution in [0.5, 0.6) is 0 Å². The molecule has 0 atom stereocenters. The van der Waals surface area contributed by atoms with Crippen molar-refractivity contribution in [1.82, 2.24) is 15.2 Å². The van der Waals surface area contributed by atoms with Gasteiger partial charge in [-0.05, 0) is 32.5 Å². The smallest absolute Gasteiger partial charge is 0.118 e. The number of aryl methyl sites for hydroxylation is 1. The second-order valence-corrected chi connectivity index (χ2v) is 6.69. The van der Waals surface area contributed by atoms with Crippen LogP contribution < -0.4 is 5.32 Å². The minimum Gasteiger partial charge on any atom is -0.465 e. The lowest BCUT2D eigenvalue weighted by Crippen LogP contribution is -2.18. The number of furan rings is 1. The van der Waals surface area contributed by atoms with Crippen molar-refractivity contribution in [2.24, 2.45) is 5.92 Å². The van der Waals surface area contributed by atoms with Crippen molar-refractivity contribution in [2.75, 3.05) is 13.6 Å². The normalized spacial score (nSPS) is 11.7. The maximum atomic E-state index is 5.83. The molecule has 2 aromatic rings. The van der Waals surface area contributed by atoms with Gasteiger partial charge in [0.2, 0.25) is 0 Å². The molecule has 0 aromatic carbocycles. The molecule has 0 amide bonds. The van der Waals surface area contributed by atoms with Crippen LogP contribution in [0.25, 0.3) is 0 Å². The Kier molecular flexibility index (Phi) is 5.96. The van der Waals surface area contributed by atoms with Crippen LogP contribution in [0.1, 0.15) is 36.6 Å². The summed E-state index contributed by atoms with van der Waals surface area (Å²) in [7, 11) is 2.11. The van der Waals surface area contributed by atoms with Crippen LogP contribution in [0.4, 0.5) is 0 Å². The molecule has 2 heterocycles. The molecule has 0 bridgehead atoms. The van der Waals surface area contributed by atoms with E-state index in [2.05, 4.69) is 47.5 Å². The summed E-state index contributed by atoms with van der Waals surface area (Å²) < 4.78 is 5.83. The SMILES string of the molecule is Cc1oc(CNCC(C)C)cc1CN(C)Cc1cscn1. The highest BCUT2D eigenvalue weighted by Gasteiger charge is 2.10. The lowest BCUT2D eigenvalue weighted by Gasteiger charge is -2.14. The highest BCUT2D eigenvalue weighted by atomic mass is 32.1. The fraction of sp³-hybridized carbons (Fsp3) is 0.562. The molecule has 0 radical (unpaired) electrons. The summed E-state index contributed by atoms with van der Waals surface area (Å²) >= 11 is 1.64. The lowest BCUT2D eigenvalue weighted by molar-refractivity contribution is 0.313. The third-order valence-corrected chi connectivity index (χ3v) is 3.91. The van der Waals surface area contributed by atoms with Crippen LogP contribution in [0, 0.1) is 12.8 Å². The van der Waals surface area contributed by atoms with Crippen molar-refractivity contribution >= 4 is 11.3 Å². The van der Waals surface area contributed by atoms with Crippen LogP contribution in [0.2, 0.25) is 0 Å². The summed E-state index contributed by atoms with van der Waals surface area (Å²) in [5.74, 6) is 2.69. The van der Waals surface area contributed by atoms with Crippen LogP contribution >= 0.6 is 11.3 Å². The van der Waals surface area contributed by atoms with E-state index in [1.165, 1.54) is 5.56 Å². The molecule has 0 saturated carbocycles. The molecular formula is C16H25N3OS. The van der Waals surface area contributed by atoms with Gasteiger partial charge in [0.15, 0.2) is 0 Å². The van der Waals surface area contributed by atoms with Gasteiger partial charge in [-0.1, -0.05) is 13.8 Å². The maximum Gasteiger partial charge on any atom is 0.118 e. The molecule has 0 aliphatic carbocycles. The molecule has 116 valence electrons. The van der Waals surface area contributed by atoms with Crippen molar-refractivity contribution < 1.29 is 4.42 Å². The van der Waals surface area contributed by atoms with E-state index in [1.54, 1.807) is 11.3 Å². The minimum absolute atomic E-state index is 0.657. The molecule has 0 fully saturated rings. The Balaban J connectivity index is 1.86. The van der Waals surface area contributed by atoms with E-state index in [-0.39, 0.29) is 0 Å². The van der Waals surface area contributed by atoms with E-state index in [0.717, 1.165) is 43.4 Å². The van der Waals surface area contributed by atoms with Crippen molar-refractivity contribution in [3.63, 3.8) is 0 Å². The monoisotopic (exact) mass is 307 g/mol. The topological polar surface area (TPSA) is 41.3 Å². The molecular weight excluding hydrogens is 282 g/mol. The van der Waals surface area contributed by atoms with Gasteiger partial charge in [0, 0.05) is 24.0 Å². The van der Waals surface area contributed by atoms with E-state index in [1.807, 2.05) is 12.4 Å². The number of hydrogen-bond donors (Lipinski definition) is 1. The third kappa shape index (κ3) is 5.26. The van der Waals surface area contributed by atoms with Gasteiger partial charge in [-0.2, -0.15) is 0 Å². The summed E-state index contributed by atoms with van der Waals surface area (Å²) in [5.41, 5.74) is 4.27. The molecule has 0 aliphatic rings. The first-order valence-corrected chi connectivity index (χ1v) is 8.33. The first-order valence-electron chi connectivity index (χ1n) is 7.39. The van der Waals surface area contributed by atoms with Crippen molar-refractivity contribution in [3.8, 4) is 0 Å². The fourth-order valence-corrected chi connectivity index (χ4v) is 2.80. The number of nitrogens with zero attached hydrogens (tertiary/aromatic N) is 2. The maximum absolute atomic E-state index is 5.83. The van der Waals surface area contributed by atoms with Gasteiger partial charge in [0.25, 0.3) is 0 Å². The fourth-order valence-electron chi connectivity index (χ4n) is 2.25. The average Bonchev–Trinajstić information content (AvgIpc) is 3.00. The van der Waals surface area contributed by atoms with Crippen molar-refractivity contribution in [2.45, 2.75) is 40.4 Å². The Morgan fingerprint density at radius 1 is 1.38 bits per heavy atom. The second-order valence-electron chi connectivity index (χ2n) is 5.97. The molecule has 4 nitrogen and oxygen atoms in total. The second kappa shape index (κ2) is 7.73. The van der Waals surface area contributed by atoms with Gasteiger partial charge in [-0.15, -0.1) is 11.3 Å². The summed E-state index contributed by atoms with van der Waals surface area (Å²) in [4.78, 5) is 6.59. The van der Waals surface area contributed by atoms with Crippen molar-refractivity contribution in [3.05, 3.63) is 39.7 Å². The third-order valence-electron chi connectivity index (χ3n) is 3.28. The van der Waals surface area contributed by atoms with Crippen LogP contribution in [-0.4, -0.2) is 23.5 Å². The molecule has 5 heteroatoms. The van der Waals surface area contributed by atoms with E-state index in [4.69, 9.17) is 4.42 Å². The average molecular weight is 307 g/mol. The Bertz CT molecular complexity index is 534. The van der Waals surface area contributed by atoms with Crippen molar-refractivity contribution in [1.29, 1.82) is 0 Å². The Morgan fingerprint density at radius 3 is 2.86 bits per heavy atom. The first kappa shape index (κ1) is 16.2. The Hall–Kier alpha value is -1.17. The van der Waals surface area contributed by atoms with E-state index in [0.29, 0.717) is 5.92 Å². The number of rotatable bonds is 8. The van der Waals surface area contributed by atoms with Gasteiger partial charge in [0.05, 0.1) is 17.7 Å². The van der Waals surface area contributed by atoms with E-state index >= 15 is 0 Å².